The Balaban J connectivity index is 1.80. The van der Waals surface area contributed by atoms with Crippen molar-refractivity contribution in [3.63, 3.8) is 0 Å². The molecular formula is C22H20N4O3S. The van der Waals surface area contributed by atoms with Gasteiger partial charge in [0.05, 0.1) is 35.1 Å². The fraction of sp³-hybridized carbons (Fsp3) is 0.182. The quantitative estimate of drug-likeness (QED) is 0.493. The van der Waals surface area contributed by atoms with E-state index in [1.54, 1.807) is 22.2 Å². The summed E-state index contributed by atoms with van der Waals surface area (Å²) in [6.07, 6.45) is 0. The first-order valence-corrected chi connectivity index (χ1v) is 10.2. The third kappa shape index (κ3) is 3.46. The number of nitrogens with one attached hydrogen (secondary N) is 1. The molecule has 0 saturated carbocycles. The normalized spacial score (nSPS) is 10.9. The topological polar surface area (TPSA) is 86.1 Å². The van der Waals surface area contributed by atoms with Crippen LogP contribution in [0.3, 0.4) is 0 Å². The number of rotatable bonds is 4. The smallest absolute Gasteiger partial charge is 0.350 e. The molecule has 8 heteroatoms. The molecule has 7 nitrogen and oxygen atoms in total. The Labute approximate surface area is 177 Å². The summed E-state index contributed by atoms with van der Waals surface area (Å²) in [5.74, 6) is -0.819. The number of esters is 1. The van der Waals surface area contributed by atoms with Crippen LogP contribution < -0.4 is 5.32 Å². The Bertz CT molecular complexity index is 1270. The maximum Gasteiger partial charge on any atom is 0.350 e. The monoisotopic (exact) mass is 420 g/mol. The van der Waals surface area contributed by atoms with E-state index in [9.17, 15) is 9.59 Å². The van der Waals surface area contributed by atoms with Crippen LogP contribution in [0.15, 0.2) is 41.8 Å². The van der Waals surface area contributed by atoms with Gasteiger partial charge in [-0.15, -0.1) is 11.3 Å². The third-order valence-corrected chi connectivity index (χ3v) is 5.64. The lowest BCUT2D eigenvalue weighted by Gasteiger charge is -2.09. The molecule has 0 radical (unpaired) electrons. The Kier molecular flexibility index (Phi) is 5.09. The minimum atomic E-state index is -0.486. The molecule has 1 aromatic carbocycles. The van der Waals surface area contributed by atoms with E-state index in [0.717, 1.165) is 11.3 Å². The minimum absolute atomic E-state index is 0.333. The predicted octanol–water partition coefficient (Wildman–Crippen LogP) is 4.45. The molecule has 4 rings (SSSR count). The van der Waals surface area contributed by atoms with Gasteiger partial charge in [0.2, 0.25) is 0 Å². The number of benzene rings is 1. The number of carbonyl (C=O) groups excluding carboxylic acids is 2. The molecule has 0 aliphatic heterocycles. The van der Waals surface area contributed by atoms with Crippen molar-refractivity contribution in [2.45, 2.75) is 20.8 Å². The highest BCUT2D eigenvalue weighted by molar-refractivity contribution is 7.12. The van der Waals surface area contributed by atoms with Crippen LogP contribution in [0.25, 0.3) is 16.7 Å². The lowest BCUT2D eigenvalue weighted by molar-refractivity contribution is 0.0607. The minimum Gasteiger partial charge on any atom is -0.465 e. The highest BCUT2D eigenvalue weighted by Gasteiger charge is 2.22. The molecule has 0 aliphatic rings. The number of carbonyl (C=O) groups is 2. The lowest BCUT2D eigenvalue weighted by atomic mass is 10.1. The molecule has 0 fully saturated rings. The molecule has 3 heterocycles. The summed E-state index contributed by atoms with van der Waals surface area (Å²) in [6, 6.07) is 11.4. The molecule has 0 unspecified atom stereocenters. The van der Waals surface area contributed by atoms with Gasteiger partial charge in [0.1, 0.15) is 4.88 Å². The lowest BCUT2D eigenvalue weighted by Crippen LogP contribution is -2.15. The largest absolute Gasteiger partial charge is 0.465 e. The van der Waals surface area contributed by atoms with Crippen LogP contribution in [-0.4, -0.2) is 33.8 Å². The molecule has 1 N–H and O–H groups in total. The molecular weight excluding hydrogens is 400 g/mol. The first-order chi connectivity index (χ1) is 14.4. The van der Waals surface area contributed by atoms with Crippen LogP contribution in [0.4, 0.5) is 5.69 Å². The molecule has 30 heavy (non-hydrogen) atoms. The maximum absolute atomic E-state index is 13.2. The Morgan fingerprint density at radius 1 is 1.10 bits per heavy atom. The number of anilines is 1. The van der Waals surface area contributed by atoms with Gasteiger partial charge < -0.3 is 10.1 Å². The highest BCUT2D eigenvalue weighted by Crippen LogP contribution is 2.28. The summed E-state index contributed by atoms with van der Waals surface area (Å²) in [5, 5.41) is 9.87. The Hall–Kier alpha value is -3.52. The number of ether oxygens (including phenoxy) is 1. The molecule has 0 bridgehead atoms. The number of hydrogen-bond donors (Lipinski definition) is 1. The SMILES string of the molecule is COC(=O)c1sccc1NC(=O)c1cc(C)nc2c1c(C)nn2-c1ccc(C)cc1. The summed E-state index contributed by atoms with van der Waals surface area (Å²) >= 11 is 1.21. The summed E-state index contributed by atoms with van der Waals surface area (Å²) in [7, 11) is 1.31. The number of aromatic nitrogens is 3. The van der Waals surface area contributed by atoms with Crippen LogP contribution in [-0.2, 0) is 4.74 Å². The first kappa shape index (κ1) is 19.8. The number of amides is 1. The van der Waals surface area contributed by atoms with E-state index in [-0.39, 0.29) is 5.91 Å². The number of hydrogen-bond acceptors (Lipinski definition) is 6. The fourth-order valence-electron chi connectivity index (χ4n) is 3.31. The van der Waals surface area contributed by atoms with Crippen LogP contribution in [0.1, 0.15) is 37.0 Å². The summed E-state index contributed by atoms with van der Waals surface area (Å²) in [6.45, 7) is 5.71. The maximum atomic E-state index is 13.2. The summed E-state index contributed by atoms with van der Waals surface area (Å²) in [4.78, 5) is 30.1. The second-order valence-corrected chi connectivity index (χ2v) is 7.87. The average molecular weight is 420 g/mol. The van der Waals surface area contributed by atoms with Crippen molar-refractivity contribution < 1.29 is 14.3 Å². The molecule has 0 atom stereocenters. The van der Waals surface area contributed by atoms with Crippen molar-refractivity contribution in [1.29, 1.82) is 0 Å². The van der Waals surface area contributed by atoms with Crippen LogP contribution in [0.2, 0.25) is 0 Å². The number of fused-ring (bicyclic) bond motifs is 1. The Morgan fingerprint density at radius 3 is 2.53 bits per heavy atom. The van der Waals surface area contributed by atoms with Gasteiger partial charge in [0.25, 0.3) is 5.91 Å². The van der Waals surface area contributed by atoms with Crippen molar-refractivity contribution in [2.75, 3.05) is 12.4 Å². The van der Waals surface area contributed by atoms with E-state index < -0.39 is 5.97 Å². The molecule has 0 spiro atoms. The van der Waals surface area contributed by atoms with Crippen molar-refractivity contribution in [1.82, 2.24) is 14.8 Å². The molecule has 0 saturated heterocycles. The van der Waals surface area contributed by atoms with E-state index in [1.165, 1.54) is 18.4 Å². The number of methoxy groups -OCH3 is 1. The second kappa shape index (κ2) is 7.72. The standard InChI is InChI=1S/C22H20N4O3S/c1-12-5-7-15(8-6-12)26-20-18(14(3)25-26)16(11-13(2)23-20)21(27)24-17-9-10-30-19(17)22(28)29-4/h5-11H,1-4H3,(H,24,27). The van der Waals surface area contributed by atoms with E-state index in [2.05, 4.69) is 15.4 Å². The molecule has 0 aliphatic carbocycles. The van der Waals surface area contributed by atoms with Crippen LogP contribution >= 0.6 is 11.3 Å². The average Bonchev–Trinajstić information content (AvgIpc) is 3.32. The zero-order valence-electron chi connectivity index (χ0n) is 17.0. The third-order valence-electron chi connectivity index (χ3n) is 4.75. The van der Waals surface area contributed by atoms with Gasteiger partial charge >= 0.3 is 5.97 Å². The van der Waals surface area contributed by atoms with Crippen LogP contribution in [0, 0.1) is 20.8 Å². The zero-order chi connectivity index (χ0) is 21.4. The van der Waals surface area contributed by atoms with E-state index in [0.29, 0.717) is 38.5 Å². The van der Waals surface area contributed by atoms with Gasteiger partial charge in [-0.2, -0.15) is 5.10 Å². The molecule has 152 valence electrons. The number of thiophene rings is 1. The van der Waals surface area contributed by atoms with Crippen molar-refractivity contribution >= 4 is 39.9 Å². The molecule has 1 amide bonds. The van der Waals surface area contributed by atoms with Gasteiger partial charge in [0.15, 0.2) is 5.65 Å². The number of nitrogens with zero attached hydrogens (tertiary/aromatic N) is 3. The number of pyridine rings is 1. The van der Waals surface area contributed by atoms with Gasteiger partial charge in [-0.1, -0.05) is 17.7 Å². The highest BCUT2D eigenvalue weighted by atomic mass is 32.1. The van der Waals surface area contributed by atoms with E-state index in [4.69, 9.17) is 4.74 Å². The molecule has 4 aromatic rings. The second-order valence-electron chi connectivity index (χ2n) is 6.95. The zero-order valence-corrected chi connectivity index (χ0v) is 17.8. The van der Waals surface area contributed by atoms with Gasteiger partial charge in [0, 0.05) is 5.69 Å². The predicted molar refractivity (Wildman–Crippen MR) is 117 cm³/mol. The fourth-order valence-corrected chi connectivity index (χ4v) is 4.07. The van der Waals surface area contributed by atoms with Gasteiger partial charge in [-0.25, -0.2) is 14.5 Å². The van der Waals surface area contributed by atoms with Gasteiger partial charge in [-0.3, -0.25) is 4.79 Å². The van der Waals surface area contributed by atoms with Gasteiger partial charge in [-0.05, 0) is 50.4 Å². The van der Waals surface area contributed by atoms with Crippen molar-refractivity contribution in [3.05, 3.63) is 69.2 Å². The molecule has 3 aromatic heterocycles. The van der Waals surface area contributed by atoms with E-state index >= 15 is 0 Å². The number of aryl methyl sites for hydroxylation is 3. The summed E-state index contributed by atoms with van der Waals surface area (Å²) < 4.78 is 6.54. The Morgan fingerprint density at radius 2 is 1.83 bits per heavy atom. The summed E-state index contributed by atoms with van der Waals surface area (Å²) in [5.41, 5.74) is 4.89. The van der Waals surface area contributed by atoms with Crippen molar-refractivity contribution in [2.24, 2.45) is 0 Å². The first-order valence-electron chi connectivity index (χ1n) is 9.30. The van der Waals surface area contributed by atoms with E-state index in [1.807, 2.05) is 45.0 Å². The van der Waals surface area contributed by atoms with Crippen LogP contribution in [0.5, 0.6) is 0 Å². The van der Waals surface area contributed by atoms with Crippen molar-refractivity contribution in [3.8, 4) is 5.69 Å².